The Balaban J connectivity index is 1.54. The lowest BCUT2D eigenvalue weighted by Crippen LogP contribution is -2.48. The number of nitrogens with one attached hydrogen (secondary N) is 1. The van der Waals surface area contributed by atoms with Gasteiger partial charge < -0.3 is 10.1 Å². The second-order valence-corrected chi connectivity index (χ2v) is 5.91. The lowest BCUT2D eigenvalue weighted by molar-refractivity contribution is -0.157. The molecule has 0 aromatic rings. The molecule has 1 N–H and O–H groups in total. The molecule has 4 fully saturated rings. The van der Waals surface area contributed by atoms with Crippen molar-refractivity contribution in [3.63, 3.8) is 0 Å². The fraction of sp³-hybridized carbons (Fsp3) is 0.889. The van der Waals surface area contributed by atoms with Crippen LogP contribution in [-0.2, 0) is 20.3 Å². The zero-order chi connectivity index (χ0) is 9.71. The SMILES string of the molecule is O=C(OC1CS(=O)C1)[C@H]1C2CNC1C2. The maximum absolute atomic E-state index is 11.6. The van der Waals surface area contributed by atoms with Crippen LogP contribution in [0.15, 0.2) is 0 Å². The van der Waals surface area contributed by atoms with E-state index in [1.807, 2.05) is 0 Å². The molecule has 14 heavy (non-hydrogen) atoms. The smallest absolute Gasteiger partial charge is 0.311 e. The number of hydrogen-bond donors (Lipinski definition) is 1. The Kier molecular flexibility index (Phi) is 1.92. The molecule has 1 aliphatic carbocycles. The molecule has 3 saturated heterocycles. The number of hydrogen-bond acceptors (Lipinski definition) is 4. The molecular formula is C9H13NO3S. The van der Waals surface area contributed by atoms with Gasteiger partial charge in [-0.15, -0.1) is 0 Å². The van der Waals surface area contributed by atoms with E-state index in [4.69, 9.17) is 4.74 Å². The summed E-state index contributed by atoms with van der Waals surface area (Å²) in [5.41, 5.74) is 0. The second kappa shape index (κ2) is 3.03. The first-order valence-corrected chi connectivity index (χ1v) is 6.51. The van der Waals surface area contributed by atoms with E-state index in [1.54, 1.807) is 0 Å². The highest BCUT2D eigenvalue weighted by Gasteiger charge is 2.52. The fourth-order valence-electron chi connectivity index (χ4n) is 2.51. The van der Waals surface area contributed by atoms with Gasteiger partial charge in [-0.3, -0.25) is 9.00 Å². The summed E-state index contributed by atoms with van der Waals surface area (Å²) in [6.45, 7) is 0.959. The highest BCUT2D eigenvalue weighted by atomic mass is 32.2. The highest BCUT2D eigenvalue weighted by molar-refractivity contribution is 7.86. The van der Waals surface area contributed by atoms with Crippen LogP contribution in [0, 0.1) is 11.8 Å². The van der Waals surface area contributed by atoms with Crippen LogP contribution >= 0.6 is 0 Å². The molecule has 3 aliphatic heterocycles. The molecule has 3 heterocycles. The van der Waals surface area contributed by atoms with Gasteiger partial charge in [-0.1, -0.05) is 0 Å². The van der Waals surface area contributed by atoms with Crippen molar-refractivity contribution in [1.29, 1.82) is 0 Å². The molecule has 2 unspecified atom stereocenters. The third-order valence-electron chi connectivity index (χ3n) is 3.44. The number of rotatable bonds is 2. The van der Waals surface area contributed by atoms with Crippen LogP contribution in [0.3, 0.4) is 0 Å². The van der Waals surface area contributed by atoms with E-state index in [0.717, 1.165) is 13.0 Å². The lowest BCUT2D eigenvalue weighted by Gasteiger charge is -2.34. The van der Waals surface area contributed by atoms with Gasteiger partial charge in [0.2, 0.25) is 0 Å². The summed E-state index contributed by atoms with van der Waals surface area (Å²) in [4.78, 5) is 11.6. The normalized spacial score (nSPS) is 49.3. The van der Waals surface area contributed by atoms with Gasteiger partial charge in [-0.2, -0.15) is 0 Å². The summed E-state index contributed by atoms with van der Waals surface area (Å²) >= 11 is 0. The van der Waals surface area contributed by atoms with Crippen molar-refractivity contribution in [3.8, 4) is 0 Å². The molecule has 4 aliphatic rings. The number of fused-ring (bicyclic) bond motifs is 1. The maximum Gasteiger partial charge on any atom is 0.311 e. The molecule has 4 rings (SSSR count). The number of esters is 1. The van der Waals surface area contributed by atoms with E-state index in [0.29, 0.717) is 23.5 Å². The molecule has 0 radical (unpaired) electrons. The molecule has 1 saturated carbocycles. The Labute approximate surface area is 84.8 Å². The molecule has 0 spiro atoms. The van der Waals surface area contributed by atoms with Crippen LogP contribution in [-0.4, -0.2) is 40.4 Å². The fourth-order valence-corrected chi connectivity index (χ4v) is 3.38. The van der Waals surface area contributed by atoms with Crippen LogP contribution in [0.4, 0.5) is 0 Å². The Morgan fingerprint density at radius 1 is 1.43 bits per heavy atom. The lowest BCUT2D eigenvalue weighted by atomic mass is 9.74. The Morgan fingerprint density at radius 3 is 2.71 bits per heavy atom. The van der Waals surface area contributed by atoms with E-state index >= 15 is 0 Å². The zero-order valence-corrected chi connectivity index (χ0v) is 8.59. The molecule has 4 nitrogen and oxygen atoms in total. The molecule has 5 heteroatoms. The molecule has 0 amide bonds. The van der Waals surface area contributed by atoms with Crippen LogP contribution in [0.5, 0.6) is 0 Å². The number of ether oxygens (including phenoxy) is 1. The highest BCUT2D eigenvalue weighted by Crippen LogP contribution is 2.41. The van der Waals surface area contributed by atoms with Crippen molar-refractivity contribution >= 4 is 16.8 Å². The largest absolute Gasteiger partial charge is 0.460 e. The van der Waals surface area contributed by atoms with E-state index < -0.39 is 10.8 Å². The summed E-state index contributed by atoms with van der Waals surface area (Å²) in [5.74, 6) is 1.60. The summed E-state index contributed by atoms with van der Waals surface area (Å²) in [6, 6.07) is 0.359. The van der Waals surface area contributed by atoms with Crippen molar-refractivity contribution in [3.05, 3.63) is 0 Å². The van der Waals surface area contributed by atoms with Gasteiger partial charge in [0.15, 0.2) is 0 Å². The van der Waals surface area contributed by atoms with Crippen molar-refractivity contribution in [2.24, 2.45) is 11.8 Å². The van der Waals surface area contributed by atoms with Gasteiger partial charge in [-0.25, -0.2) is 0 Å². The van der Waals surface area contributed by atoms with E-state index in [9.17, 15) is 9.00 Å². The monoisotopic (exact) mass is 215 g/mol. The quantitative estimate of drug-likeness (QED) is 0.617. The molecule has 2 bridgehead atoms. The molecular weight excluding hydrogens is 202 g/mol. The van der Waals surface area contributed by atoms with Gasteiger partial charge in [-0.05, 0) is 18.9 Å². The first-order valence-electron chi connectivity index (χ1n) is 5.03. The topological polar surface area (TPSA) is 55.4 Å². The first-order chi connectivity index (χ1) is 6.74. The third-order valence-corrected chi connectivity index (χ3v) is 4.93. The van der Waals surface area contributed by atoms with Gasteiger partial charge in [0.1, 0.15) is 6.10 Å². The first kappa shape index (κ1) is 8.85. The summed E-state index contributed by atoms with van der Waals surface area (Å²) in [6.07, 6.45) is 1.06. The van der Waals surface area contributed by atoms with E-state index in [-0.39, 0.29) is 18.0 Å². The van der Waals surface area contributed by atoms with Gasteiger partial charge in [0.25, 0.3) is 0 Å². The Morgan fingerprint density at radius 2 is 2.21 bits per heavy atom. The van der Waals surface area contributed by atoms with Crippen molar-refractivity contribution in [1.82, 2.24) is 5.32 Å². The van der Waals surface area contributed by atoms with Crippen LogP contribution in [0.2, 0.25) is 0 Å². The minimum atomic E-state index is -0.730. The molecule has 3 atom stereocenters. The van der Waals surface area contributed by atoms with Crippen LogP contribution < -0.4 is 5.32 Å². The number of carbonyl (C=O) groups excluding carboxylic acids is 1. The average Bonchev–Trinajstić information content (AvgIpc) is 2.60. The summed E-state index contributed by atoms with van der Waals surface area (Å²) in [5, 5.41) is 3.28. The minimum Gasteiger partial charge on any atom is -0.460 e. The van der Waals surface area contributed by atoms with Gasteiger partial charge in [0, 0.05) is 16.8 Å². The minimum absolute atomic E-state index is 0.0664. The maximum atomic E-state index is 11.6. The van der Waals surface area contributed by atoms with E-state index in [1.165, 1.54) is 0 Å². The van der Waals surface area contributed by atoms with Crippen molar-refractivity contribution in [2.45, 2.75) is 18.6 Å². The van der Waals surface area contributed by atoms with Gasteiger partial charge in [0.05, 0.1) is 17.4 Å². The predicted molar refractivity (Wildman–Crippen MR) is 51.1 cm³/mol. The number of carbonyl (C=O) groups is 1. The molecule has 78 valence electrons. The van der Waals surface area contributed by atoms with E-state index in [2.05, 4.69) is 5.32 Å². The average molecular weight is 215 g/mol. The third kappa shape index (κ3) is 1.22. The standard InChI is InChI=1S/C9H13NO3S/c11-9(13-6-3-14(12)4-6)8-5-1-7(8)10-2-5/h5-8,10H,1-4H2/t5?,6?,7?,8-,14?/m0/s1. The Hall–Kier alpha value is -0.420. The summed E-state index contributed by atoms with van der Waals surface area (Å²) in [7, 11) is -0.730. The van der Waals surface area contributed by atoms with Crippen molar-refractivity contribution in [2.75, 3.05) is 18.1 Å². The second-order valence-electron chi connectivity index (χ2n) is 4.37. The van der Waals surface area contributed by atoms with Crippen molar-refractivity contribution < 1.29 is 13.7 Å². The predicted octanol–water partition coefficient (Wildman–Crippen LogP) is -0.732. The summed E-state index contributed by atoms with van der Waals surface area (Å²) < 4.78 is 16.1. The van der Waals surface area contributed by atoms with Crippen LogP contribution in [0.1, 0.15) is 6.42 Å². The Bertz CT molecular complexity index is 284. The zero-order valence-electron chi connectivity index (χ0n) is 7.77. The molecule has 0 aromatic heterocycles. The van der Waals surface area contributed by atoms with Crippen LogP contribution in [0.25, 0.3) is 0 Å². The van der Waals surface area contributed by atoms with Gasteiger partial charge >= 0.3 is 5.97 Å². The molecule has 0 aromatic carbocycles.